The molecule has 0 saturated heterocycles. The van der Waals surface area contributed by atoms with Crippen LogP contribution in [-0.2, 0) is 11.3 Å². The van der Waals surface area contributed by atoms with Gasteiger partial charge in [0.15, 0.2) is 0 Å². The number of ether oxygens (including phenoxy) is 1. The highest BCUT2D eigenvalue weighted by Crippen LogP contribution is 2.21. The number of likely N-dealkylation sites (N-methyl/N-ethyl adjacent to an activating group) is 1. The minimum absolute atomic E-state index is 0.298. The molecular weight excluding hydrogens is 252 g/mol. The molecule has 1 aromatic rings. The van der Waals surface area contributed by atoms with E-state index in [9.17, 15) is 14.9 Å². The highest BCUT2D eigenvalue weighted by atomic mass is 16.6. The first-order valence-corrected chi connectivity index (χ1v) is 5.63. The SMILES string of the molecule is COCCN(C)Cc1ccc(C(=O)O)c([N+](=O)[O-])c1. The Morgan fingerprint density at radius 1 is 1.53 bits per heavy atom. The minimum atomic E-state index is -1.30. The zero-order valence-corrected chi connectivity index (χ0v) is 10.8. The second kappa shape index (κ2) is 6.81. The van der Waals surface area contributed by atoms with E-state index in [1.807, 2.05) is 11.9 Å². The molecule has 0 atom stereocenters. The van der Waals surface area contributed by atoms with Crippen LogP contribution >= 0.6 is 0 Å². The number of carboxylic acid groups (broad SMARTS) is 1. The number of rotatable bonds is 7. The molecule has 0 fully saturated rings. The second-order valence-corrected chi connectivity index (χ2v) is 4.14. The van der Waals surface area contributed by atoms with E-state index >= 15 is 0 Å². The lowest BCUT2D eigenvalue weighted by Gasteiger charge is -2.16. The summed E-state index contributed by atoms with van der Waals surface area (Å²) in [7, 11) is 3.45. The lowest BCUT2D eigenvalue weighted by molar-refractivity contribution is -0.385. The van der Waals surface area contributed by atoms with Crippen molar-refractivity contribution in [3.63, 3.8) is 0 Å². The van der Waals surface area contributed by atoms with E-state index in [0.717, 1.165) is 0 Å². The zero-order valence-electron chi connectivity index (χ0n) is 10.8. The van der Waals surface area contributed by atoms with Crippen LogP contribution in [0.4, 0.5) is 5.69 Å². The van der Waals surface area contributed by atoms with Gasteiger partial charge in [0.25, 0.3) is 5.69 Å². The normalized spacial score (nSPS) is 10.7. The van der Waals surface area contributed by atoms with E-state index in [1.165, 1.54) is 12.1 Å². The highest BCUT2D eigenvalue weighted by molar-refractivity contribution is 5.92. The summed E-state index contributed by atoms with van der Waals surface area (Å²) in [6.07, 6.45) is 0. The van der Waals surface area contributed by atoms with Crippen molar-refractivity contribution in [3.05, 3.63) is 39.4 Å². The van der Waals surface area contributed by atoms with Crippen LogP contribution in [0.3, 0.4) is 0 Å². The zero-order chi connectivity index (χ0) is 14.4. The number of hydrogen-bond acceptors (Lipinski definition) is 5. The van der Waals surface area contributed by atoms with E-state index in [2.05, 4.69) is 0 Å². The Hall–Kier alpha value is -1.99. The Labute approximate surface area is 110 Å². The number of nitrogens with zero attached hydrogens (tertiary/aromatic N) is 2. The van der Waals surface area contributed by atoms with Crippen LogP contribution in [0.5, 0.6) is 0 Å². The maximum absolute atomic E-state index is 10.9. The molecule has 0 spiro atoms. The molecule has 0 aromatic heterocycles. The van der Waals surface area contributed by atoms with Crippen molar-refractivity contribution in [3.8, 4) is 0 Å². The quantitative estimate of drug-likeness (QED) is 0.593. The first-order valence-electron chi connectivity index (χ1n) is 5.63. The molecule has 1 aromatic carbocycles. The predicted molar refractivity (Wildman–Crippen MR) is 68.3 cm³/mol. The molecule has 0 aliphatic carbocycles. The van der Waals surface area contributed by atoms with Gasteiger partial charge in [-0.1, -0.05) is 6.07 Å². The Balaban J connectivity index is 2.90. The standard InChI is InChI=1S/C12H16N2O5/c1-13(5-6-19-2)8-9-3-4-10(12(15)16)11(7-9)14(17)18/h3-4,7H,5-6,8H2,1-2H3,(H,15,16). The molecule has 104 valence electrons. The van der Waals surface area contributed by atoms with Gasteiger partial charge in [-0.25, -0.2) is 4.79 Å². The maximum atomic E-state index is 10.9. The predicted octanol–water partition coefficient (Wildman–Crippen LogP) is 1.37. The average molecular weight is 268 g/mol. The Kier molecular flexibility index (Phi) is 5.40. The van der Waals surface area contributed by atoms with E-state index in [0.29, 0.717) is 25.3 Å². The van der Waals surface area contributed by atoms with Crippen LogP contribution in [0.1, 0.15) is 15.9 Å². The van der Waals surface area contributed by atoms with Crippen molar-refractivity contribution in [2.45, 2.75) is 6.54 Å². The van der Waals surface area contributed by atoms with Crippen molar-refractivity contribution in [2.75, 3.05) is 27.3 Å². The largest absolute Gasteiger partial charge is 0.477 e. The van der Waals surface area contributed by atoms with Gasteiger partial charge in [-0.05, 0) is 18.7 Å². The van der Waals surface area contributed by atoms with Gasteiger partial charge < -0.3 is 9.84 Å². The molecule has 0 saturated carbocycles. The topological polar surface area (TPSA) is 92.9 Å². The molecule has 0 radical (unpaired) electrons. The summed E-state index contributed by atoms with van der Waals surface area (Å²) in [6.45, 7) is 1.74. The lowest BCUT2D eigenvalue weighted by atomic mass is 10.1. The van der Waals surface area contributed by atoms with Gasteiger partial charge in [0.1, 0.15) is 5.56 Å². The van der Waals surface area contributed by atoms with E-state index in [4.69, 9.17) is 9.84 Å². The van der Waals surface area contributed by atoms with Crippen LogP contribution in [0.25, 0.3) is 0 Å². The number of carboxylic acids is 1. The molecule has 0 aliphatic heterocycles. The third kappa shape index (κ3) is 4.31. The molecule has 7 heteroatoms. The summed E-state index contributed by atoms with van der Waals surface area (Å²) in [5.74, 6) is -1.30. The molecule has 0 aliphatic rings. The van der Waals surface area contributed by atoms with Gasteiger partial charge in [0.05, 0.1) is 11.5 Å². The van der Waals surface area contributed by atoms with Crippen LogP contribution in [0, 0.1) is 10.1 Å². The van der Waals surface area contributed by atoms with Gasteiger partial charge in [-0.3, -0.25) is 15.0 Å². The van der Waals surface area contributed by atoms with Gasteiger partial charge in [0, 0.05) is 26.3 Å². The average Bonchev–Trinajstić information content (AvgIpc) is 2.35. The maximum Gasteiger partial charge on any atom is 0.342 e. The van der Waals surface area contributed by atoms with Crippen molar-refractivity contribution < 1.29 is 19.6 Å². The Morgan fingerprint density at radius 2 is 2.21 bits per heavy atom. The summed E-state index contributed by atoms with van der Waals surface area (Å²) in [4.78, 5) is 23.0. The summed E-state index contributed by atoms with van der Waals surface area (Å²) in [6, 6.07) is 4.15. The minimum Gasteiger partial charge on any atom is -0.477 e. The monoisotopic (exact) mass is 268 g/mol. The third-order valence-electron chi connectivity index (χ3n) is 2.62. The highest BCUT2D eigenvalue weighted by Gasteiger charge is 2.20. The second-order valence-electron chi connectivity index (χ2n) is 4.14. The van der Waals surface area contributed by atoms with E-state index in [1.54, 1.807) is 13.2 Å². The van der Waals surface area contributed by atoms with Crippen molar-refractivity contribution in [1.82, 2.24) is 4.90 Å². The number of carbonyl (C=O) groups is 1. The molecule has 0 heterocycles. The van der Waals surface area contributed by atoms with Gasteiger partial charge >= 0.3 is 5.97 Å². The smallest absolute Gasteiger partial charge is 0.342 e. The first-order chi connectivity index (χ1) is 8.95. The fraction of sp³-hybridized carbons (Fsp3) is 0.417. The summed E-state index contributed by atoms with van der Waals surface area (Å²) in [5, 5.41) is 19.7. The summed E-state index contributed by atoms with van der Waals surface area (Å²) >= 11 is 0. The van der Waals surface area contributed by atoms with Crippen LogP contribution in [0.15, 0.2) is 18.2 Å². The number of methoxy groups -OCH3 is 1. The fourth-order valence-electron chi connectivity index (χ4n) is 1.65. The van der Waals surface area contributed by atoms with Crippen molar-refractivity contribution in [2.24, 2.45) is 0 Å². The molecule has 1 rings (SSSR count). The molecule has 19 heavy (non-hydrogen) atoms. The number of nitro groups is 1. The summed E-state index contributed by atoms with van der Waals surface area (Å²) in [5.41, 5.74) is 0.00809. The van der Waals surface area contributed by atoms with Crippen LogP contribution in [-0.4, -0.2) is 48.2 Å². The van der Waals surface area contributed by atoms with E-state index < -0.39 is 10.9 Å². The Morgan fingerprint density at radius 3 is 2.74 bits per heavy atom. The molecule has 7 nitrogen and oxygen atoms in total. The number of aromatic carboxylic acids is 1. The van der Waals surface area contributed by atoms with Gasteiger partial charge in [0.2, 0.25) is 0 Å². The fourth-order valence-corrected chi connectivity index (χ4v) is 1.65. The third-order valence-corrected chi connectivity index (χ3v) is 2.62. The van der Waals surface area contributed by atoms with Gasteiger partial charge in [-0.2, -0.15) is 0 Å². The lowest BCUT2D eigenvalue weighted by Crippen LogP contribution is -2.22. The van der Waals surface area contributed by atoms with Crippen molar-refractivity contribution in [1.29, 1.82) is 0 Å². The Bertz CT molecular complexity index is 475. The number of nitro benzene ring substituents is 1. The molecule has 0 amide bonds. The molecule has 0 bridgehead atoms. The first kappa shape index (κ1) is 15.1. The van der Waals surface area contributed by atoms with Crippen LogP contribution in [0.2, 0.25) is 0 Å². The molecular formula is C12H16N2O5. The number of benzene rings is 1. The van der Waals surface area contributed by atoms with Gasteiger partial charge in [-0.15, -0.1) is 0 Å². The van der Waals surface area contributed by atoms with E-state index in [-0.39, 0.29) is 11.3 Å². The molecule has 1 N–H and O–H groups in total. The van der Waals surface area contributed by atoms with Crippen molar-refractivity contribution >= 4 is 11.7 Å². The van der Waals surface area contributed by atoms with Crippen LogP contribution < -0.4 is 0 Å². The molecule has 0 unspecified atom stereocenters. The number of hydrogen-bond donors (Lipinski definition) is 1. The summed E-state index contributed by atoms with van der Waals surface area (Å²) < 4.78 is 4.94.